The number of halogens is 17. The molecule has 6 aromatic heterocycles. The minimum atomic E-state index is -5.11. The van der Waals surface area contributed by atoms with Gasteiger partial charge in [-0.2, -0.15) is 52.7 Å². The number of rotatable bonds is 15. The number of benzene rings is 6. The molecule has 6 aromatic carbocycles. The number of nitrogens with two attached hydrogens (primary N) is 3. The van der Waals surface area contributed by atoms with Gasteiger partial charge >= 0.3 is 24.7 Å². The summed E-state index contributed by atoms with van der Waals surface area (Å²) < 4.78 is 253. The molecule has 3 fully saturated rings. The van der Waals surface area contributed by atoms with E-state index in [1.165, 1.54) is 55.4 Å². The van der Waals surface area contributed by atoms with Crippen molar-refractivity contribution in [3.8, 4) is 33.4 Å². The standard InChI is InChI=1S/C25H20F7N5OS.2C24H20ClF4N5OS.3H2O/c26-19-7-13(18-11-37(16-3-1-2-4-16)23-21(18)22(33)34-12-35-23)5-6-20(19)36-39(38)17-9-14(24(27,28)29)8-15(10-17)25(30,31)32;25-17-7-6-14(24(27,28)29)10-20(17)36(35)33-19-8-5-13(9-18(19)26)16-11-34(15-3-1-2-4-15)23-21(16)22(30)31-12-32-23;25-17-10-14(24(27,28)29)6-8-20(17)36(35)33-19-7-5-13(9-18(19)26)16-11-34(15-3-1-2-4-15)23-21(16)22(30)31-12-32-23;;;/h5-12,16,36H,1-4H2,(H2,33,34,35);2*5-12,15,33H,1-4H2,(H2,30,31,32);3*1H2. The first-order chi connectivity index (χ1) is 52.6. The number of anilines is 6. The zero-order chi connectivity index (χ0) is 79.3. The van der Waals surface area contributed by atoms with Crippen molar-refractivity contribution in [2.24, 2.45) is 0 Å². The summed E-state index contributed by atoms with van der Waals surface area (Å²) >= 11 is 11.9. The summed E-state index contributed by atoms with van der Waals surface area (Å²) in [5.41, 5.74) is 17.8. The second kappa shape index (κ2) is 34.5. The fraction of sp³-hybridized carbons (Fsp3) is 0.260. The van der Waals surface area contributed by atoms with Crippen molar-refractivity contribution >= 4 is 124 Å². The topological polar surface area (TPSA) is 352 Å². The lowest BCUT2D eigenvalue weighted by molar-refractivity contribution is -0.143. The second-order valence-corrected chi connectivity index (χ2v) is 30.7. The van der Waals surface area contributed by atoms with Gasteiger partial charge in [-0.3, -0.25) is 14.2 Å². The van der Waals surface area contributed by atoms with Gasteiger partial charge in [0.25, 0.3) is 0 Å². The van der Waals surface area contributed by atoms with Crippen LogP contribution in [0.1, 0.15) is 117 Å². The molecule has 0 radical (unpaired) electrons. The van der Waals surface area contributed by atoms with Crippen molar-refractivity contribution in [1.82, 2.24) is 43.6 Å². The van der Waals surface area contributed by atoms with Gasteiger partial charge in [-0.15, -0.1) is 0 Å². The minimum absolute atomic E-state index is 0. The Hall–Kier alpha value is -10.2. The van der Waals surface area contributed by atoms with Crippen LogP contribution in [0, 0.1) is 17.5 Å². The summed E-state index contributed by atoms with van der Waals surface area (Å²) in [5, 5.41) is 1.29. The largest absolute Gasteiger partial charge is 0.416 e. The number of nitrogens with one attached hydrogen (secondary N) is 3. The van der Waals surface area contributed by atoms with E-state index in [0.717, 1.165) is 107 Å². The Morgan fingerprint density at radius 3 is 1.01 bits per heavy atom. The van der Waals surface area contributed by atoms with Gasteiger partial charge < -0.3 is 47.3 Å². The Kier molecular flexibility index (Phi) is 26.1. The van der Waals surface area contributed by atoms with Crippen LogP contribution in [0.4, 0.5) is 100 Å². The smallest absolute Gasteiger partial charge is 0.412 e. The molecule has 15 rings (SSSR count). The van der Waals surface area contributed by atoms with Crippen molar-refractivity contribution in [1.29, 1.82) is 0 Å². The molecule has 114 heavy (non-hydrogen) atoms. The average molecular weight is 1700 g/mol. The van der Waals surface area contributed by atoms with Crippen LogP contribution in [0.3, 0.4) is 0 Å². The summed E-state index contributed by atoms with van der Waals surface area (Å²) in [6.07, 6.45) is 2.83. The zero-order valence-corrected chi connectivity index (χ0v) is 62.7. The number of nitrogen functional groups attached to an aromatic ring is 3. The lowest BCUT2D eigenvalue weighted by atomic mass is 10.1. The van der Waals surface area contributed by atoms with Crippen molar-refractivity contribution in [2.75, 3.05) is 31.4 Å². The number of hydrogen-bond donors (Lipinski definition) is 6. The van der Waals surface area contributed by atoms with E-state index in [4.69, 9.17) is 40.4 Å². The van der Waals surface area contributed by atoms with Gasteiger partial charge in [-0.05, 0) is 146 Å². The van der Waals surface area contributed by atoms with Crippen LogP contribution in [0.2, 0.25) is 10.0 Å². The monoisotopic (exact) mass is 1700 g/mol. The van der Waals surface area contributed by atoms with Gasteiger partial charge in [-0.25, -0.2) is 55.7 Å². The van der Waals surface area contributed by atoms with Crippen LogP contribution in [-0.2, 0) is 57.7 Å². The second-order valence-electron chi connectivity index (χ2n) is 26.3. The highest BCUT2D eigenvalue weighted by Crippen LogP contribution is 2.46. The number of nitrogens with zero attached hydrogens (tertiary/aromatic N) is 9. The lowest BCUT2D eigenvalue weighted by Gasteiger charge is -2.15. The molecular weight excluding hydrogens is 1630 g/mol. The molecule has 15 N–H and O–H groups in total. The van der Waals surface area contributed by atoms with Crippen LogP contribution < -0.4 is 31.4 Å². The molecule has 12 aromatic rings. The fourth-order valence-corrected chi connectivity index (χ4v) is 17.3. The molecular formula is C73H66Cl2F15N15O6S3. The summed E-state index contributed by atoms with van der Waals surface area (Å²) in [6.45, 7) is 0. The third kappa shape index (κ3) is 18.3. The molecule has 0 bridgehead atoms. The maximum atomic E-state index is 15.1. The molecule has 0 spiro atoms. The molecule has 606 valence electrons. The summed E-state index contributed by atoms with van der Waals surface area (Å²) in [6, 6.07) is 18.5. The Bertz CT molecular complexity index is 5610. The Morgan fingerprint density at radius 2 is 0.684 bits per heavy atom. The molecule has 6 heterocycles. The highest BCUT2D eigenvalue weighted by molar-refractivity contribution is 7.87. The van der Waals surface area contributed by atoms with E-state index in [9.17, 15) is 65.3 Å². The van der Waals surface area contributed by atoms with Crippen molar-refractivity contribution in [3.63, 3.8) is 0 Å². The third-order valence-electron chi connectivity index (χ3n) is 19.2. The van der Waals surface area contributed by atoms with Gasteiger partial charge in [0.1, 0.15) is 81.8 Å². The van der Waals surface area contributed by atoms with Crippen molar-refractivity contribution in [2.45, 2.75) is 135 Å². The van der Waals surface area contributed by atoms with Gasteiger partial charge in [0.2, 0.25) is 0 Å². The number of aromatic nitrogens is 9. The molecule has 3 aliphatic rings. The van der Waals surface area contributed by atoms with Gasteiger partial charge in [0.15, 0.2) is 22.0 Å². The number of hydrogen-bond acceptors (Lipinski definition) is 12. The van der Waals surface area contributed by atoms with E-state index in [2.05, 4.69) is 53.2 Å². The van der Waals surface area contributed by atoms with Gasteiger partial charge in [-0.1, -0.05) is 79.9 Å². The van der Waals surface area contributed by atoms with E-state index in [1.807, 2.05) is 23.2 Å². The number of alkyl halides is 12. The first-order valence-corrected chi connectivity index (χ1v) is 38.1. The van der Waals surface area contributed by atoms with Gasteiger partial charge in [0, 0.05) is 53.4 Å². The van der Waals surface area contributed by atoms with E-state index in [0.29, 0.717) is 90.7 Å². The molecule has 3 saturated carbocycles. The quantitative estimate of drug-likeness (QED) is 0.0522. The Labute approximate surface area is 654 Å². The molecule has 21 nitrogen and oxygen atoms in total. The summed E-state index contributed by atoms with van der Waals surface area (Å²) in [7, 11) is -6.99. The molecule has 0 amide bonds. The van der Waals surface area contributed by atoms with Crippen molar-refractivity contribution in [3.05, 3.63) is 197 Å². The summed E-state index contributed by atoms with van der Waals surface area (Å²) in [5.74, 6) is -1.63. The Morgan fingerprint density at radius 1 is 0.368 bits per heavy atom. The molecule has 3 unspecified atom stereocenters. The molecule has 0 saturated heterocycles. The SMILES string of the molecule is Nc1ncnc2c1c(-c1ccc(NS(=O)c3cc(C(F)(F)F)cc(C(F)(F)F)c3)c(F)c1)cn2C1CCCC1.Nc1ncnc2c1c(-c1ccc(NS(=O)c3cc(C(F)(F)F)ccc3Cl)c(F)c1)cn2C1CCCC1.Nc1ncnc2c1c(-c1ccc(NS(=O)c3ccc(C(F)(F)F)cc3Cl)c(F)c1)cn2C1CCCC1.O.O.O. The zero-order valence-electron chi connectivity index (χ0n) is 58.7. The van der Waals surface area contributed by atoms with Crippen LogP contribution in [0.15, 0.2) is 161 Å². The van der Waals surface area contributed by atoms with Crippen LogP contribution in [-0.4, -0.2) is 72.7 Å². The van der Waals surface area contributed by atoms with Crippen LogP contribution in [0.25, 0.3) is 66.5 Å². The van der Waals surface area contributed by atoms with Crippen molar-refractivity contribution < 1.29 is 94.9 Å². The first-order valence-electron chi connectivity index (χ1n) is 33.9. The van der Waals surface area contributed by atoms with E-state index >= 15 is 13.2 Å². The highest BCUT2D eigenvalue weighted by atomic mass is 35.5. The molecule has 3 atom stereocenters. The van der Waals surface area contributed by atoms with E-state index < -0.39 is 102 Å². The first kappa shape index (κ1) is 86.3. The van der Waals surface area contributed by atoms with E-state index in [-0.39, 0.29) is 95.0 Å². The predicted molar refractivity (Wildman–Crippen MR) is 405 cm³/mol. The lowest BCUT2D eigenvalue weighted by Crippen LogP contribution is -2.14. The Balaban J connectivity index is 0.000000179. The minimum Gasteiger partial charge on any atom is -0.412 e. The molecule has 0 aliphatic heterocycles. The maximum absolute atomic E-state index is 15.1. The predicted octanol–water partition coefficient (Wildman–Crippen LogP) is 18.1. The average Bonchev–Trinajstić information content (AvgIpc) is 1.62. The summed E-state index contributed by atoms with van der Waals surface area (Å²) in [4.78, 5) is 24.2. The van der Waals surface area contributed by atoms with E-state index in [1.54, 1.807) is 12.1 Å². The fourth-order valence-electron chi connectivity index (χ4n) is 13.8. The van der Waals surface area contributed by atoms with Gasteiger partial charge in [0.05, 0.1) is 80.2 Å². The molecule has 41 heteroatoms. The third-order valence-corrected chi connectivity index (χ3v) is 23.4. The maximum Gasteiger partial charge on any atom is 0.416 e. The highest BCUT2D eigenvalue weighted by Gasteiger charge is 2.39. The van der Waals surface area contributed by atoms with Crippen LogP contribution in [0.5, 0.6) is 0 Å². The normalized spacial score (nSPS) is 15.1. The molecule has 3 aliphatic carbocycles. The van der Waals surface area contributed by atoms with Crippen LogP contribution >= 0.6 is 23.2 Å². The number of fused-ring (bicyclic) bond motifs is 3.